The molecule has 2 unspecified atom stereocenters. The first-order valence-electron chi connectivity index (χ1n) is 7.39. The predicted molar refractivity (Wildman–Crippen MR) is 87.3 cm³/mol. The lowest BCUT2D eigenvalue weighted by Gasteiger charge is -2.37. The second-order valence-electron chi connectivity index (χ2n) is 5.43. The SMILES string of the molecule is CCNC(c1cc(Cl)ccc1OC)C1Cc2ccccc21. The van der Waals surface area contributed by atoms with Gasteiger partial charge < -0.3 is 10.1 Å². The lowest BCUT2D eigenvalue weighted by Crippen LogP contribution is -2.33. The van der Waals surface area contributed by atoms with Gasteiger partial charge in [-0.25, -0.2) is 0 Å². The van der Waals surface area contributed by atoms with E-state index in [0.29, 0.717) is 5.92 Å². The van der Waals surface area contributed by atoms with Crippen LogP contribution in [-0.2, 0) is 6.42 Å². The number of benzene rings is 2. The predicted octanol–water partition coefficient (Wildman–Crippen LogP) is 4.34. The zero-order valence-electron chi connectivity index (χ0n) is 12.4. The van der Waals surface area contributed by atoms with Gasteiger partial charge in [-0.1, -0.05) is 42.8 Å². The molecule has 1 aliphatic rings. The number of hydrogen-bond donors (Lipinski definition) is 1. The lowest BCUT2D eigenvalue weighted by molar-refractivity contribution is 0.375. The van der Waals surface area contributed by atoms with E-state index in [9.17, 15) is 0 Å². The van der Waals surface area contributed by atoms with E-state index in [4.69, 9.17) is 16.3 Å². The first-order valence-corrected chi connectivity index (χ1v) is 7.77. The van der Waals surface area contributed by atoms with Crippen LogP contribution >= 0.6 is 11.6 Å². The molecule has 0 heterocycles. The lowest BCUT2D eigenvalue weighted by atomic mass is 9.71. The summed E-state index contributed by atoms with van der Waals surface area (Å²) in [7, 11) is 1.71. The number of nitrogens with one attached hydrogen (secondary N) is 1. The largest absolute Gasteiger partial charge is 0.496 e. The van der Waals surface area contributed by atoms with Gasteiger partial charge in [0, 0.05) is 22.5 Å². The zero-order valence-corrected chi connectivity index (χ0v) is 13.2. The number of ether oxygens (including phenoxy) is 1. The minimum atomic E-state index is 0.235. The molecule has 0 aromatic heterocycles. The Bertz CT molecular complexity index is 641. The van der Waals surface area contributed by atoms with Crippen molar-refractivity contribution in [1.29, 1.82) is 0 Å². The molecular weight excluding hydrogens is 282 g/mol. The summed E-state index contributed by atoms with van der Waals surface area (Å²) < 4.78 is 5.54. The van der Waals surface area contributed by atoms with Crippen LogP contribution < -0.4 is 10.1 Å². The molecule has 2 aromatic rings. The highest BCUT2D eigenvalue weighted by Gasteiger charge is 2.34. The van der Waals surface area contributed by atoms with Gasteiger partial charge in [0.05, 0.1) is 7.11 Å². The summed E-state index contributed by atoms with van der Waals surface area (Å²) in [6, 6.07) is 14.7. The van der Waals surface area contributed by atoms with Crippen molar-refractivity contribution in [2.45, 2.75) is 25.3 Å². The molecule has 3 heteroatoms. The summed E-state index contributed by atoms with van der Waals surface area (Å²) in [5, 5.41) is 4.36. The number of hydrogen-bond acceptors (Lipinski definition) is 2. The maximum absolute atomic E-state index is 6.20. The van der Waals surface area contributed by atoms with Gasteiger partial charge in [0.1, 0.15) is 5.75 Å². The quantitative estimate of drug-likeness (QED) is 0.887. The third kappa shape index (κ3) is 2.66. The molecule has 2 atom stereocenters. The van der Waals surface area contributed by atoms with Gasteiger partial charge >= 0.3 is 0 Å². The Kier molecular flexibility index (Phi) is 4.18. The molecular formula is C18H20ClNO. The number of rotatable bonds is 5. The molecule has 2 nitrogen and oxygen atoms in total. The van der Waals surface area contributed by atoms with E-state index in [2.05, 4.69) is 36.5 Å². The molecule has 2 aromatic carbocycles. The molecule has 1 aliphatic carbocycles. The van der Waals surface area contributed by atoms with Crippen LogP contribution in [0.15, 0.2) is 42.5 Å². The summed E-state index contributed by atoms with van der Waals surface area (Å²) in [6.45, 7) is 3.05. The van der Waals surface area contributed by atoms with Crippen molar-refractivity contribution in [1.82, 2.24) is 5.32 Å². The van der Waals surface area contributed by atoms with E-state index >= 15 is 0 Å². The minimum absolute atomic E-state index is 0.235. The van der Waals surface area contributed by atoms with Crippen LogP contribution in [0, 0.1) is 0 Å². The van der Waals surface area contributed by atoms with Gasteiger partial charge in [0.2, 0.25) is 0 Å². The van der Waals surface area contributed by atoms with Gasteiger partial charge in [-0.3, -0.25) is 0 Å². The Hall–Kier alpha value is -1.51. The van der Waals surface area contributed by atoms with Crippen LogP contribution in [0.1, 0.15) is 35.6 Å². The Morgan fingerprint density at radius 2 is 2.10 bits per heavy atom. The van der Waals surface area contributed by atoms with Crippen LogP contribution in [-0.4, -0.2) is 13.7 Å². The van der Waals surface area contributed by atoms with E-state index in [0.717, 1.165) is 29.3 Å². The first kappa shape index (κ1) is 14.4. The monoisotopic (exact) mass is 301 g/mol. The summed E-state index contributed by atoms with van der Waals surface area (Å²) in [5.41, 5.74) is 4.03. The average molecular weight is 302 g/mol. The number of fused-ring (bicyclic) bond motifs is 1. The summed E-state index contributed by atoms with van der Waals surface area (Å²) in [6.07, 6.45) is 1.10. The third-order valence-corrected chi connectivity index (χ3v) is 4.48. The highest BCUT2D eigenvalue weighted by Crippen LogP contribution is 2.45. The summed E-state index contributed by atoms with van der Waals surface area (Å²) in [5.74, 6) is 1.38. The maximum atomic E-state index is 6.20. The second-order valence-corrected chi connectivity index (χ2v) is 5.87. The molecule has 1 N–H and O–H groups in total. The molecule has 0 bridgehead atoms. The van der Waals surface area contributed by atoms with Crippen LogP contribution in [0.5, 0.6) is 5.75 Å². The van der Waals surface area contributed by atoms with E-state index in [1.54, 1.807) is 7.11 Å². The summed E-state index contributed by atoms with van der Waals surface area (Å²) in [4.78, 5) is 0. The maximum Gasteiger partial charge on any atom is 0.123 e. The number of likely N-dealkylation sites (N-methyl/N-ethyl adjacent to an activating group) is 1. The van der Waals surface area contributed by atoms with E-state index < -0.39 is 0 Å². The van der Waals surface area contributed by atoms with Crippen LogP contribution in [0.2, 0.25) is 5.02 Å². The van der Waals surface area contributed by atoms with Crippen molar-refractivity contribution in [3.63, 3.8) is 0 Å². The molecule has 3 rings (SSSR count). The van der Waals surface area contributed by atoms with E-state index in [1.165, 1.54) is 11.1 Å². The number of methoxy groups -OCH3 is 1. The average Bonchev–Trinajstić information content (AvgIpc) is 2.47. The van der Waals surface area contributed by atoms with Gasteiger partial charge in [0.15, 0.2) is 0 Å². The topological polar surface area (TPSA) is 21.3 Å². The normalized spacial score (nSPS) is 17.8. The van der Waals surface area contributed by atoms with Crippen molar-refractivity contribution >= 4 is 11.6 Å². The van der Waals surface area contributed by atoms with Crippen molar-refractivity contribution in [2.24, 2.45) is 0 Å². The fraction of sp³-hybridized carbons (Fsp3) is 0.333. The molecule has 0 spiro atoms. The Balaban J connectivity index is 1.98. The highest BCUT2D eigenvalue weighted by atomic mass is 35.5. The molecule has 0 amide bonds. The first-order chi connectivity index (χ1) is 10.2. The van der Waals surface area contributed by atoms with Crippen molar-refractivity contribution in [3.05, 3.63) is 64.2 Å². The molecule has 0 saturated carbocycles. The molecule has 0 fully saturated rings. The van der Waals surface area contributed by atoms with E-state index in [1.807, 2.05) is 18.2 Å². The van der Waals surface area contributed by atoms with Gasteiger partial charge in [-0.15, -0.1) is 0 Å². The van der Waals surface area contributed by atoms with Crippen LogP contribution in [0.25, 0.3) is 0 Å². The third-order valence-electron chi connectivity index (χ3n) is 4.25. The van der Waals surface area contributed by atoms with Gasteiger partial charge in [-0.05, 0) is 42.3 Å². The Labute approximate surface area is 131 Å². The molecule has 21 heavy (non-hydrogen) atoms. The van der Waals surface area contributed by atoms with Crippen LogP contribution in [0.3, 0.4) is 0 Å². The highest BCUT2D eigenvalue weighted by molar-refractivity contribution is 6.30. The summed E-state index contributed by atoms with van der Waals surface area (Å²) >= 11 is 6.20. The zero-order chi connectivity index (χ0) is 14.8. The van der Waals surface area contributed by atoms with Crippen molar-refractivity contribution < 1.29 is 4.74 Å². The molecule has 0 aliphatic heterocycles. The van der Waals surface area contributed by atoms with Gasteiger partial charge in [0.25, 0.3) is 0 Å². The standard InChI is InChI=1S/C18H20ClNO/c1-3-20-18(15-10-12-6-4-5-7-14(12)15)16-11-13(19)8-9-17(16)21-2/h4-9,11,15,18,20H,3,10H2,1-2H3. The minimum Gasteiger partial charge on any atom is -0.496 e. The Morgan fingerprint density at radius 3 is 2.81 bits per heavy atom. The molecule has 0 saturated heterocycles. The van der Waals surface area contributed by atoms with Gasteiger partial charge in [-0.2, -0.15) is 0 Å². The van der Waals surface area contributed by atoms with Crippen molar-refractivity contribution in [3.8, 4) is 5.75 Å². The Morgan fingerprint density at radius 1 is 1.29 bits per heavy atom. The fourth-order valence-corrected chi connectivity index (χ4v) is 3.41. The van der Waals surface area contributed by atoms with Crippen molar-refractivity contribution in [2.75, 3.05) is 13.7 Å². The smallest absolute Gasteiger partial charge is 0.123 e. The number of halogens is 1. The van der Waals surface area contributed by atoms with E-state index in [-0.39, 0.29) is 6.04 Å². The molecule has 110 valence electrons. The molecule has 0 radical (unpaired) electrons. The second kappa shape index (κ2) is 6.08. The van der Waals surface area contributed by atoms with Crippen LogP contribution in [0.4, 0.5) is 0 Å². The fourth-order valence-electron chi connectivity index (χ4n) is 3.23.